The molecule has 3 rings (SSSR count). The fraction of sp³-hybridized carbons (Fsp3) is 0.263. The molecule has 122 valence electrons. The number of nitrogens with one attached hydrogen (secondary N) is 1. The third-order valence-electron chi connectivity index (χ3n) is 4.24. The Bertz CT molecular complexity index is 800. The fourth-order valence-electron chi connectivity index (χ4n) is 2.66. The molecular weight excluding hydrogens is 310 g/mol. The third-order valence-corrected chi connectivity index (χ3v) is 4.24. The van der Waals surface area contributed by atoms with Crippen LogP contribution in [0.2, 0.25) is 0 Å². The maximum Gasteiger partial charge on any atom is 0.0633 e. The quantitative estimate of drug-likeness (QED) is 0.629. The van der Waals surface area contributed by atoms with Crippen molar-refractivity contribution in [1.82, 2.24) is 5.32 Å². The van der Waals surface area contributed by atoms with Gasteiger partial charge in [-0.3, -0.25) is 0 Å². The highest BCUT2D eigenvalue weighted by molar-refractivity contribution is 5.99. The first-order valence-corrected chi connectivity index (χ1v) is 7.52. The predicted molar refractivity (Wildman–Crippen MR) is 98.1 cm³/mol. The Morgan fingerprint density at radius 1 is 0.870 bits per heavy atom. The number of benzene rings is 3. The van der Waals surface area contributed by atoms with Gasteiger partial charge in [0, 0.05) is 6.54 Å². The second kappa shape index (κ2) is 7.28. The number of halogens is 1. The molecule has 0 bridgehead atoms. The molecule has 0 fully saturated rings. The van der Waals surface area contributed by atoms with Crippen LogP contribution in [0.15, 0.2) is 54.6 Å². The van der Waals surface area contributed by atoms with Crippen molar-refractivity contribution in [3.63, 3.8) is 0 Å². The lowest BCUT2D eigenvalue weighted by Gasteiger charge is -2.26. The first-order chi connectivity index (χ1) is 10.6. The van der Waals surface area contributed by atoms with Crippen LogP contribution in [-0.2, 0) is 6.54 Å². The predicted octanol–water partition coefficient (Wildman–Crippen LogP) is 3.25. The molecule has 0 radical (unpaired) electrons. The van der Waals surface area contributed by atoms with Gasteiger partial charge in [-0.25, -0.2) is 0 Å². The van der Waals surface area contributed by atoms with Crippen molar-refractivity contribution in [2.75, 3.05) is 13.2 Å². The van der Waals surface area contributed by atoms with E-state index in [2.05, 4.69) is 41.7 Å². The van der Waals surface area contributed by atoms with Gasteiger partial charge in [-0.2, -0.15) is 0 Å². The monoisotopic (exact) mass is 331 g/mol. The van der Waals surface area contributed by atoms with Crippen molar-refractivity contribution < 1.29 is 10.2 Å². The molecule has 0 aliphatic heterocycles. The maximum absolute atomic E-state index is 9.40. The van der Waals surface area contributed by atoms with Crippen LogP contribution in [0.1, 0.15) is 12.5 Å². The highest BCUT2D eigenvalue weighted by atomic mass is 35.5. The molecule has 4 heteroatoms. The summed E-state index contributed by atoms with van der Waals surface area (Å²) in [6.45, 7) is 2.22. The van der Waals surface area contributed by atoms with E-state index in [1.165, 1.54) is 21.5 Å². The largest absolute Gasteiger partial charge is 0.394 e. The van der Waals surface area contributed by atoms with Gasteiger partial charge in [0.15, 0.2) is 0 Å². The first kappa shape index (κ1) is 17.7. The van der Waals surface area contributed by atoms with Gasteiger partial charge in [-0.1, -0.05) is 42.5 Å². The van der Waals surface area contributed by atoms with Gasteiger partial charge in [-0.15, -0.1) is 12.4 Å². The second-order valence-corrected chi connectivity index (χ2v) is 6.07. The number of fused-ring (bicyclic) bond motifs is 2. The molecule has 0 aromatic heterocycles. The van der Waals surface area contributed by atoms with Gasteiger partial charge in [0.05, 0.1) is 18.8 Å². The Morgan fingerprint density at radius 2 is 1.48 bits per heavy atom. The normalized spacial score (nSPS) is 11.6. The highest BCUT2D eigenvalue weighted by Crippen LogP contribution is 2.25. The van der Waals surface area contributed by atoms with Crippen LogP contribution < -0.4 is 5.32 Å². The van der Waals surface area contributed by atoms with Gasteiger partial charge in [-0.05, 0) is 46.2 Å². The summed E-state index contributed by atoms with van der Waals surface area (Å²) in [6, 6.07) is 19.0. The van der Waals surface area contributed by atoms with E-state index in [0.717, 1.165) is 5.56 Å². The molecule has 0 aliphatic rings. The Balaban J connectivity index is 0.00000192. The molecule has 0 heterocycles. The molecule has 0 spiro atoms. The number of aliphatic hydroxyl groups is 2. The molecule has 23 heavy (non-hydrogen) atoms. The smallest absolute Gasteiger partial charge is 0.0633 e. The summed E-state index contributed by atoms with van der Waals surface area (Å²) in [4.78, 5) is 0. The number of rotatable bonds is 5. The van der Waals surface area contributed by atoms with E-state index in [-0.39, 0.29) is 25.6 Å². The Labute approximate surface area is 142 Å². The summed E-state index contributed by atoms with van der Waals surface area (Å²) in [5, 5.41) is 26.9. The van der Waals surface area contributed by atoms with Crippen molar-refractivity contribution in [3.05, 3.63) is 60.2 Å². The van der Waals surface area contributed by atoms with Crippen molar-refractivity contribution in [2.45, 2.75) is 19.0 Å². The third kappa shape index (κ3) is 3.65. The van der Waals surface area contributed by atoms with E-state index >= 15 is 0 Å². The number of hydrogen-bond donors (Lipinski definition) is 3. The molecule has 3 aromatic rings. The van der Waals surface area contributed by atoms with Crippen LogP contribution in [-0.4, -0.2) is 29.0 Å². The summed E-state index contributed by atoms with van der Waals surface area (Å²) in [7, 11) is 0. The average Bonchev–Trinajstić information content (AvgIpc) is 2.57. The lowest BCUT2D eigenvalue weighted by Crippen LogP contribution is -2.48. The van der Waals surface area contributed by atoms with Crippen molar-refractivity contribution in [3.8, 4) is 0 Å². The van der Waals surface area contributed by atoms with E-state index in [0.29, 0.717) is 6.54 Å². The van der Waals surface area contributed by atoms with Crippen LogP contribution in [0.3, 0.4) is 0 Å². The van der Waals surface area contributed by atoms with Crippen LogP contribution in [0, 0.1) is 0 Å². The number of hydrogen-bond acceptors (Lipinski definition) is 3. The molecule has 3 N–H and O–H groups in total. The Hall–Kier alpha value is -1.65. The average molecular weight is 332 g/mol. The Kier molecular flexibility index (Phi) is 5.60. The van der Waals surface area contributed by atoms with E-state index < -0.39 is 5.54 Å². The standard InChI is InChI=1S/C19H21NO2.ClH/c1-19(12-21,13-22)20-11-17-8-4-7-16-9-14-5-2-3-6-15(14)10-18(16)17;/h2-10,20-22H,11-13H2,1H3;1H. The van der Waals surface area contributed by atoms with E-state index in [1.54, 1.807) is 0 Å². The first-order valence-electron chi connectivity index (χ1n) is 7.52. The van der Waals surface area contributed by atoms with Crippen LogP contribution >= 0.6 is 12.4 Å². The molecule has 3 aromatic carbocycles. The van der Waals surface area contributed by atoms with E-state index in [9.17, 15) is 10.2 Å². The zero-order valence-electron chi connectivity index (χ0n) is 13.1. The van der Waals surface area contributed by atoms with Crippen LogP contribution in [0.5, 0.6) is 0 Å². The van der Waals surface area contributed by atoms with Crippen LogP contribution in [0.4, 0.5) is 0 Å². The molecular formula is C19H22ClNO2. The van der Waals surface area contributed by atoms with Gasteiger partial charge in [0.25, 0.3) is 0 Å². The van der Waals surface area contributed by atoms with E-state index in [4.69, 9.17) is 0 Å². The summed E-state index contributed by atoms with van der Waals surface area (Å²) < 4.78 is 0. The van der Waals surface area contributed by atoms with Crippen molar-refractivity contribution in [1.29, 1.82) is 0 Å². The fourth-order valence-corrected chi connectivity index (χ4v) is 2.66. The minimum atomic E-state index is -0.668. The molecule has 0 aliphatic carbocycles. The summed E-state index contributed by atoms with van der Waals surface area (Å²) in [5.41, 5.74) is 0.496. The zero-order valence-corrected chi connectivity index (χ0v) is 13.9. The topological polar surface area (TPSA) is 52.5 Å². The maximum atomic E-state index is 9.40. The van der Waals surface area contributed by atoms with Gasteiger partial charge in [0.2, 0.25) is 0 Å². The van der Waals surface area contributed by atoms with Crippen LogP contribution in [0.25, 0.3) is 21.5 Å². The molecule has 3 nitrogen and oxygen atoms in total. The lowest BCUT2D eigenvalue weighted by molar-refractivity contribution is 0.103. The van der Waals surface area contributed by atoms with Gasteiger partial charge in [0.1, 0.15) is 0 Å². The molecule has 0 unspecified atom stereocenters. The SMILES string of the molecule is CC(CO)(CO)NCc1cccc2cc3ccccc3cc12.Cl. The Morgan fingerprint density at radius 3 is 2.13 bits per heavy atom. The summed E-state index contributed by atoms with van der Waals surface area (Å²) >= 11 is 0. The van der Waals surface area contributed by atoms with Gasteiger partial charge < -0.3 is 15.5 Å². The van der Waals surface area contributed by atoms with E-state index in [1.807, 2.05) is 25.1 Å². The lowest BCUT2D eigenvalue weighted by atomic mass is 9.98. The molecule has 0 saturated heterocycles. The minimum Gasteiger partial charge on any atom is -0.394 e. The second-order valence-electron chi connectivity index (χ2n) is 6.07. The zero-order chi connectivity index (χ0) is 15.6. The molecule has 0 amide bonds. The minimum absolute atomic E-state index is 0. The molecule has 0 saturated carbocycles. The van der Waals surface area contributed by atoms with Gasteiger partial charge >= 0.3 is 0 Å². The summed E-state index contributed by atoms with van der Waals surface area (Å²) in [5.74, 6) is 0. The number of aliphatic hydroxyl groups excluding tert-OH is 2. The highest BCUT2D eigenvalue weighted by Gasteiger charge is 2.21. The van der Waals surface area contributed by atoms with Crippen molar-refractivity contribution in [2.24, 2.45) is 0 Å². The molecule has 0 atom stereocenters. The van der Waals surface area contributed by atoms with Crippen molar-refractivity contribution >= 4 is 34.0 Å². The summed E-state index contributed by atoms with van der Waals surface area (Å²) in [6.07, 6.45) is 0.